The standard InChI is InChI=1S/C22H22F3NO3/c23-18-4-2-1-3-17(18)12-28-8-7-15-10-22(29-11-15)13-26(14-22)21(27)16-5-6-19(24)20(25)9-16/h1-6,9,15H,7-8,10-14H2. The van der Waals surface area contributed by atoms with E-state index in [4.69, 9.17) is 9.47 Å². The summed E-state index contributed by atoms with van der Waals surface area (Å²) >= 11 is 0. The van der Waals surface area contributed by atoms with E-state index in [0.29, 0.717) is 37.8 Å². The Bertz CT molecular complexity index is 899. The molecule has 1 atom stereocenters. The number of carbonyl (C=O) groups excluding carboxylic acids is 1. The molecule has 0 aliphatic carbocycles. The van der Waals surface area contributed by atoms with E-state index in [9.17, 15) is 18.0 Å². The van der Waals surface area contributed by atoms with Crippen LogP contribution in [0, 0.1) is 23.4 Å². The zero-order valence-electron chi connectivity index (χ0n) is 15.9. The number of likely N-dealkylation sites (tertiary alicyclic amines) is 1. The van der Waals surface area contributed by atoms with E-state index in [1.807, 2.05) is 0 Å². The van der Waals surface area contributed by atoms with Gasteiger partial charge in [-0.05, 0) is 43.0 Å². The SMILES string of the molecule is O=C(c1ccc(F)c(F)c1)N1CC2(CC(CCOCc3ccccc3F)CO2)C1. The van der Waals surface area contributed by atoms with Crippen molar-refractivity contribution in [3.63, 3.8) is 0 Å². The van der Waals surface area contributed by atoms with E-state index < -0.39 is 11.6 Å². The maximum Gasteiger partial charge on any atom is 0.254 e. The van der Waals surface area contributed by atoms with Gasteiger partial charge in [0.1, 0.15) is 11.4 Å². The van der Waals surface area contributed by atoms with Gasteiger partial charge in [-0.3, -0.25) is 4.79 Å². The van der Waals surface area contributed by atoms with Crippen LogP contribution in [0.2, 0.25) is 0 Å². The van der Waals surface area contributed by atoms with E-state index in [2.05, 4.69) is 0 Å². The van der Waals surface area contributed by atoms with Gasteiger partial charge in [-0.2, -0.15) is 0 Å². The second kappa shape index (κ2) is 8.16. The Kier molecular flexibility index (Phi) is 5.61. The Hall–Kier alpha value is -2.38. The van der Waals surface area contributed by atoms with Crippen LogP contribution >= 0.6 is 0 Å². The van der Waals surface area contributed by atoms with Crippen molar-refractivity contribution in [3.8, 4) is 0 Å². The van der Waals surface area contributed by atoms with E-state index in [0.717, 1.165) is 25.0 Å². The molecule has 2 heterocycles. The summed E-state index contributed by atoms with van der Waals surface area (Å²) in [5.74, 6) is -2.28. The van der Waals surface area contributed by atoms with Gasteiger partial charge in [0.05, 0.1) is 26.3 Å². The summed E-state index contributed by atoms with van der Waals surface area (Å²) in [5, 5.41) is 0. The third-order valence-electron chi connectivity index (χ3n) is 5.58. The summed E-state index contributed by atoms with van der Waals surface area (Å²) < 4.78 is 51.5. The van der Waals surface area contributed by atoms with Gasteiger partial charge >= 0.3 is 0 Å². The van der Waals surface area contributed by atoms with Gasteiger partial charge in [0.15, 0.2) is 11.6 Å². The number of nitrogens with zero attached hydrogens (tertiary/aromatic N) is 1. The van der Waals surface area contributed by atoms with Crippen molar-refractivity contribution in [2.45, 2.75) is 25.0 Å². The van der Waals surface area contributed by atoms with E-state index in [-0.39, 0.29) is 29.5 Å². The number of hydrogen-bond donors (Lipinski definition) is 0. The topological polar surface area (TPSA) is 38.8 Å². The van der Waals surface area contributed by atoms with Crippen LogP contribution in [0.15, 0.2) is 42.5 Å². The fraction of sp³-hybridized carbons (Fsp3) is 0.409. The molecule has 2 saturated heterocycles. The number of carbonyl (C=O) groups is 1. The van der Waals surface area contributed by atoms with Crippen LogP contribution in [0.3, 0.4) is 0 Å². The van der Waals surface area contributed by atoms with Crippen molar-refractivity contribution in [2.75, 3.05) is 26.3 Å². The number of hydrogen-bond acceptors (Lipinski definition) is 3. The number of rotatable bonds is 6. The van der Waals surface area contributed by atoms with E-state index >= 15 is 0 Å². The number of ether oxygens (including phenoxy) is 2. The minimum atomic E-state index is -1.03. The largest absolute Gasteiger partial charge is 0.377 e. The molecule has 29 heavy (non-hydrogen) atoms. The van der Waals surface area contributed by atoms with Gasteiger partial charge in [0, 0.05) is 17.7 Å². The molecule has 154 valence electrons. The maximum atomic E-state index is 13.6. The summed E-state index contributed by atoms with van der Waals surface area (Å²) in [4.78, 5) is 14.0. The van der Waals surface area contributed by atoms with Crippen LogP contribution < -0.4 is 0 Å². The molecule has 4 nitrogen and oxygen atoms in total. The second-order valence-electron chi connectivity index (χ2n) is 7.79. The Labute approximate surface area is 167 Å². The molecule has 0 N–H and O–H groups in total. The van der Waals surface area contributed by atoms with Crippen molar-refractivity contribution in [1.82, 2.24) is 4.90 Å². The zero-order valence-corrected chi connectivity index (χ0v) is 15.9. The minimum absolute atomic E-state index is 0.134. The molecular formula is C22H22F3NO3. The fourth-order valence-corrected chi connectivity index (χ4v) is 4.00. The van der Waals surface area contributed by atoms with Gasteiger partial charge in [0.2, 0.25) is 0 Å². The summed E-state index contributed by atoms with van der Waals surface area (Å²) in [6.07, 6.45) is 1.62. The lowest BCUT2D eigenvalue weighted by atomic mass is 9.85. The highest BCUT2D eigenvalue weighted by Crippen LogP contribution is 2.39. The molecule has 2 fully saturated rings. The molecule has 2 aliphatic rings. The third kappa shape index (κ3) is 4.31. The van der Waals surface area contributed by atoms with Gasteiger partial charge in [-0.1, -0.05) is 18.2 Å². The molecule has 0 aromatic heterocycles. The number of benzene rings is 2. The highest BCUT2D eigenvalue weighted by Gasteiger charge is 2.51. The Morgan fingerprint density at radius 1 is 1.10 bits per heavy atom. The van der Waals surface area contributed by atoms with Gasteiger partial charge in [-0.25, -0.2) is 13.2 Å². The van der Waals surface area contributed by atoms with Crippen LogP contribution in [0.25, 0.3) is 0 Å². The lowest BCUT2D eigenvalue weighted by molar-refractivity contribution is -0.0950. The number of halogens is 3. The first-order valence-electron chi connectivity index (χ1n) is 9.65. The van der Waals surface area contributed by atoms with E-state index in [1.165, 1.54) is 12.1 Å². The first-order chi connectivity index (χ1) is 14.0. The normalized spacial score (nSPS) is 20.1. The molecule has 1 amide bonds. The van der Waals surface area contributed by atoms with Crippen molar-refractivity contribution in [1.29, 1.82) is 0 Å². The van der Waals surface area contributed by atoms with Crippen LogP contribution in [0.5, 0.6) is 0 Å². The average molecular weight is 405 g/mol. The molecule has 0 radical (unpaired) electrons. The average Bonchev–Trinajstić information content (AvgIpc) is 3.12. The molecular weight excluding hydrogens is 383 g/mol. The highest BCUT2D eigenvalue weighted by molar-refractivity contribution is 5.95. The van der Waals surface area contributed by atoms with Crippen molar-refractivity contribution in [2.24, 2.45) is 5.92 Å². The second-order valence-corrected chi connectivity index (χ2v) is 7.79. The van der Waals surface area contributed by atoms with Crippen molar-refractivity contribution >= 4 is 5.91 Å². The van der Waals surface area contributed by atoms with Crippen LogP contribution in [0.1, 0.15) is 28.8 Å². The summed E-state index contributed by atoms with van der Waals surface area (Å²) in [7, 11) is 0. The summed E-state index contributed by atoms with van der Waals surface area (Å²) in [5.41, 5.74) is 0.316. The molecule has 1 unspecified atom stereocenters. The van der Waals surface area contributed by atoms with Gasteiger partial charge < -0.3 is 14.4 Å². The van der Waals surface area contributed by atoms with Gasteiger partial charge in [-0.15, -0.1) is 0 Å². The highest BCUT2D eigenvalue weighted by atomic mass is 19.2. The van der Waals surface area contributed by atoms with Crippen molar-refractivity contribution < 1.29 is 27.4 Å². The lowest BCUT2D eigenvalue weighted by Crippen LogP contribution is -2.63. The zero-order chi connectivity index (χ0) is 20.4. The predicted molar refractivity (Wildman–Crippen MR) is 99.7 cm³/mol. The summed E-state index contributed by atoms with van der Waals surface area (Å²) in [6.45, 7) is 2.23. The maximum absolute atomic E-state index is 13.6. The quantitative estimate of drug-likeness (QED) is 0.684. The molecule has 2 aromatic carbocycles. The Morgan fingerprint density at radius 2 is 1.90 bits per heavy atom. The van der Waals surface area contributed by atoms with E-state index in [1.54, 1.807) is 23.1 Å². The van der Waals surface area contributed by atoms with Crippen LogP contribution in [0.4, 0.5) is 13.2 Å². The fourth-order valence-electron chi connectivity index (χ4n) is 4.00. The molecule has 4 rings (SSSR count). The molecule has 7 heteroatoms. The third-order valence-corrected chi connectivity index (χ3v) is 5.58. The molecule has 2 aliphatic heterocycles. The molecule has 1 spiro atoms. The Balaban J connectivity index is 1.21. The molecule has 2 aromatic rings. The van der Waals surface area contributed by atoms with Crippen LogP contribution in [-0.2, 0) is 16.1 Å². The molecule has 0 bridgehead atoms. The first-order valence-corrected chi connectivity index (χ1v) is 9.65. The van der Waals surface area contributed by atoms with Crippen molar-refractivity contribution in [3.05, 3.63) is 71.0 Å². The smallest absolute Gasteiger partial charge is 0.254 e. The van der Waals surface area contributed by atoms with Gasteiger partial charge in [0.25, 0.3) is 5.91 Å². The first kappa shape index (κ1) is 19.9. The number of amides is 1. The predicted octanol–water partition coefficient (Wildman–Crippen LogP) is 3.94. The van der Waals surface area contributed by atoms with Crippen LogP contribution in [-0.4, -0.2) is 42.7 Å². The lowest BCUT2D eigenvalue weighted by Gasteiger charge is -2.47. The Morgan fingerprint density at radius 3 is 2.66 bits per heavy atom. The minimum Gasteiger partial charge on any atom is -0.377 e. The molecule has 0 saturated carbocycles. The monoisotopic (exact) mass is 405 g/mol. The summed E-state index contributed by atoms with van der Waals surface area (Å²) in [6, 6.07) is 9.72.